The molecule has 0 aliphatic carbocycles. The smallest absolute Gasteiger partial charge is 0.276 e. The van der Waals surface area contributed by atoms with E-state index in [-0.39, 0.29) is 0 Å². The summed E-state index contributed by atoms with van der Waals surface area (Å²) in [4.78, 5) is 27.2. The van der Waals surface area contributed by atoms with Crippen molar-refractivity contribution in [1.82, 2.24) is 0 Å². The second-order valence-corrected chi connectivity index (χ2v) is 7.75. The highest BCUT2D eigenvalue weighted by molar-refractivity contribution is 7.73. The second kappa shape index (κ2) is 4.80. The quantitative estimate of drug-likeness (QED) is 0.501. The molecule has 0 saturated heterocycles. The summed E-state index contributed by atoms with van der Waals surface area (Å²) < 4.78 is 0. The first-order chi connectivity index (χ1) is 5.37. The van der Waals surface area contributed by atoms with Gasteiger partial charge in [-0.2, -0.15) is 0 Å². The van der Waals surface area contributed by atoms with Gasteiger partial charge >= 0.3 is 0 Å². The molecule has 74 valence electrons. The molecule has 5 N–H and O–H groups in total. The van der Waals surface area contributed by atoms with E-state index in [9.17, 15) is 9.79 Å². The van der Waals surface area contributed by atoms with Crippen molar-refractivity contribution in [2.75, 3.05) is 13.2 Å². The minimum absolute atomic E-state index is 0.443. The lowest BCUT2D eigenvalue weighted by Crippen LogP contribution is -2.23. The Balaban J connectivity index is 4.24. The number of hydrogen-bond donors (Lipinski definition) is 4. The Morgan fingerprint density at radius 3 is 2.25 bits per heavy atom. The third-order valence-electron chi connectivity index (χ3n) is 2.04. The van der Waals surface area contributed by atoms with Gasteiger partial charge in [0, 0.05) is 0 Å². The van der Waals surface area contributed by atoms with Gasteiger partial charge in [-0.05, 0) is 26.3 Å². The van der Waals surface area contributed by atoms with E-state index in [1.54, 1.807) is 6.92 Å². The maximum atomic E-state index is 9.44. The summed E-state index contributed by atoms with van der Waals surface area (Å²) in [7, 11) is -3.40. The van der Waals surface area contributed by atoms with Crippen LogP contribution in [0.4, 0.5) is 0 Å². The average molecular weight is 214 g/mol. The lowest BCUT2D eigenvalue weighted by atomic mass is 10.2. The number of rotatable bonds is 5. The van der Waals surface area contributed by atoms with E-state index in [2.05, 4.69) is 0 Å². The molecule has 0 aromatic rings. The zero-order valence-corrected chi connectivity index (χ0v) is 9.38. The van der Waals surface area contributed by atoms with Gasteiger partial charge in [0.05, 0.1) is 8.81 Å². The standard InChI is InChI=1S/C6H18NO3P2/c1-6(11-8,4-3-5-7)12(2,9)10/h8-11H,3-5,7H2,1-2H3/q+1. The van der Waals surface area contributed by atoms with Crippen LogP contribution in [0.15, 0.2) is 0 Å². The van der Waals surface area contributed by atoms with Crippen molar-refractivity contribution in [1.29, 1.82) is 0 Å². The van der Waals surface area contributed by atoms with E-state index in [0.717, 1.165) is 0 Å². The number of nitrogens with two attached hydrogens (primary N) is 1. The van der Waals surface area contributed by atoms with Crippen LogP contribution in [0.1, 0.15) is 19.8 Å². The van der Waals surface area contributed by atoms with Crippen LogP contribution in [0, 0.1) is 0 Å². The fraction of sp³-hybridized carbons (Fsp3) is 1.00. The summed E-state index contributed by atoms with van der Waals surface area (Å²) in [5.74, 6) is 0. The van der Waals surface area contributed by atoms with Crippen molar-refractivity contribution in [3.8, 4) is 0 Å². The predicted octanol–water partition coefficient (Wildman–Crippen LogP) is 0.489. The predicted molar refractivity (Wildman–Crippen MR) is 54.5 cm³/mol. The molecular formula is C6H18NO3P2+. The first kappa shape index (κ1) is 12.7. The third kappa shape index (κ3) is 3.21. The van der Waals surface area contributed by atoms with Crippen LogP contribution in [0.2, 0.25) is 0 Å². The minimum atomic E-state index is -2.96. The molecule has 0 aromatic carbocycles. The summed E-state index contributed by atoms with van der Waals surface area (Å²) in [6.45, 7) is 3.60. The molecule has 0 amide bonds. The van der Waals surface area contributed by atoms with Crippen LogP contribution in [-0.4, -0.2) is 32.8 Å². The molecule has 0 heterocycles. The lowest BCUT2D eigenvalue weighted by molar-refractivity contribution is 0.421. The van der Waals surface area contributed by atoms with E-state index in [1.165, 1.54) is 6.66 Å². The number of hydrogen-bond acceptors (Lipinski definition) is 4. The SMILES string of the molecule is CC(CCCN)(PO)[P+](C)(O)O. The molecule has 0 aromatic heterocycles. The Kier molecular flexibility index (Phi) is 5.08. The van der Waals surface area contributed by atoms with Gasteiger partial charge in [-0.3, -0.25) is 0 Å². The van der Waals surface area contributed by atoms with E-state index < -0.39 is 21.4 Å². The van der Waals surface area contributed by atoms with Gasteiger partial charge in [-0.25, -0.2) is 9.79 Å². The Bertz CT molecular complexity index is 139. The van der Waals surface area contributed by atoms with Crippen LogP contribution in [-0.2, 0) is 0 Å². The third-order valence-corrected chi connectivity index (χ3v) is 6.44. The molecule has 0 bridgehead atoms. The van der Waals surface area contributed by atoms with Crippen LogP contribution in [0.25, 0.3) is 0 Å². The van der Waals surface area contributed by atoms with Crippen molar-refractivity contribution in [3.05, 3.63) is 0 Å². The Hall–Kier alpha value is 0.700. The molecule has 0 aliphatic rings. The molecule has 0 radical (unpaired) electrons. The van der Waals surface area contributed by atoms with Gasteiger partial charge in [0.1, 0.15) is 6.66 Å². The molecule has 0 aliphatic heterocycles. The van der Waals surface area contributed by atoms with Crippen molar-refractivity contribution in [2.24, 2.45) is 5.73 Å². The summed E-state index contributed by atoms with van der Waals surface area (Å²) in [6, 6.07) is 0. The first-order valence-electron chi connectivity index (χ1n) is 3.81. The fourth-order valence-electron chi connectivity index (χ4n) is 0.809. The zero-order chi connectivity index (χ0) is 9.83. The monoisotopic (exact) mass is 214 g/mol. The molecule has 6 heteroatoms. The fourth-order valence-corrected chi connectivity index (χ4v) is 2.44. The van der Waals surface area contributed by atoms with Crippen LogP contribution in [0.3, 0.4) is 0 Å². The summed E-state index contributed by atoms with van der Waals surface area (Å²) >= 11 is 0. The Morgan fingerprint density at radius 2 is 2.00 bits per heavy atom. The van der Waals surface area contributed by atoms with Gasteiger partial charge in [-0.1, -0.05) is 0 Å². The molecule has 0 fully saturated rings. The summed E-state index contributed by atoms with van der Waals surface area (Å²) in [5, 5.41) is 0. The topological polar surface area (TPSA) is 86.7 Å². The Labute approximate surface area is 75.5 Å². The molecule has 4 nitrogen and oxygen atoms in total. The minimum Gasteiger partial charge on any atom is -0.372 e. The molecule has 2 unspecified atom stereocenters. The van der Waals surface area contributed by atoms with E-state index in [0.29, 0.717) is 19.4 Å². The molecule has 12 heavy (non-hydrogen) atoms. The molecule has 0 spiro atoms. The lowest BCUT2D eigenvalue weighted by Gasteiger charge is -2.28. The Morgan fingerprint density at radius 1 is 1.50 bits per heavy atom. The maximum absolute atomic E-state index is 9.44. The van der Waals surface area contributed by atoms with Crippen molar-refractivity contribution >= 4 is 16.5 Å². The van der Waals surface area contributed by atoms with Gasteiger partial charge in [0.15, 0.2) is 4.90 Å². The van der Waals surface area contributed by atoms with E-state index in [1.807, 2.05) is 0 Å². The van der Waals surface area contributed by atoms with Gasteiger partial charge < -0.3 is 10.6 Å². The first-order valence-corrected chi connectivity index (χ1v) is 6.90. The van der Waals surface area contributed by atoms with Crippen molar-refractivity contribution in [3.63, 3.8) is 0 Å². The van der Waals surface area contributed by atoms with E-state index in [4.69, 9.17) is 10.6 Å². The largest absolute Gasteiger partial charge is 0.372 e. The normalized spacial score (nSPS) is 18.5. The summed E-state index contributed by atoms with van der Waals surface area (Å²) in [6.07, 6.45) is 1.27. The molecular weight excluding hydrogens is 196 g/mol. The summed E-state index contributed by atoms with van der Waals surface area (Å²) in [5.41, 5.74) is 5.30. The molecule has 0 saturated carbocycles. The van der Waals surface area contributed by atoms with Crippen molar-refractivity contribution < 1.29 is 14.7 Å². The van der Waals surface area contributed by atoms with Gasteiger partial charge in [-0.15, -0.1) is 0 Å². The van der Waals surface area contributed by atoms with Crippen LogP contribution >= 0.6 is 16.5 Å². The highest BCUT2D eigenvalue weighted by atomic mass is 31.2. The zero-order valence-electron chi connectivity index (χ0n) is 7.49. The van der Waals surface area contributed by atoms with Gasteiger partial charge in [0.25, 0.3) is 7.72 Å². The van der Waals surface area contributed by atoms with E-state index >= 15 is 0 Å². The van der Waals surface area contributed by atoms with Crippen molar-refractivity contribution in [2.45, 2.75) is 24.7 Å². The highest BCUT2D eigenvalue weighted by Crippen LogP contribution is 2.67. The average Bonchev–Trinajstić information content (AvgIpc) is 1.98. The van der Waals surface area contributed by atoms with Crippen LogP contribution < -0.4 is 5.73 Å². The van der Waals surface area contributed by atoms with Crippen LogP contribution in [0.5, 0.6) is 0 Å². The highest BCUT2D eigenvalue weighted by Gasteiger charge is 2.50. The van der Waals surface area contributed by atoms with Gasteiger partial charge in [0.2, 0.25) is 0 Å². The maximum Gasteiger partial charge on any atom is 0.276 e. The second-order valence-electron chi connectivity index (χ2n) is 3.19. The molecule has 2 atom stereocenters. The molecule has 0 rings (SSSR count).